The Morgan fingerprint density at radius 1 is 1.12 bits per heavy atom. The third kappa shape index (κ3) is 3.60. The average Bonchev–Trinajstić information content (AvgIpc) is 2.57. The minimum Gasteiger partial charge on any atom is -0.351 e. The third-order valence-corrected chi connectivity index (χ3v) is 4.71. The number of hydrogen-bond donors (Lipinski definition) is 3. The summed E-state index contributed by atoms with van der Waals surface area (Å²) >= 11 is 5.19. The molecule has 134 valence electrons. The number of anilines is 1. The van der Waals surface area contributed by atoms with Gasteiger partial charge in [0, 0.05) is 16.9 Å². The summed E-state index contributed by atoms with van der Waals surface area (Å²) in [6.45, 7) is 5.76. The number of hydrogen-bond acceptors (Lipinski definition) is 2. The number of thiocarbonyl (C=S) groups is 1. The van der Waals surface area contributed by atoms with E-state index in [2.05, 4.69) is 16.0 Å². The molecular weight excluding hydrogens is 349 g/mol. The number of rotatable bonds is 3. The summed E-state index contributed by atoms with van der Waals surface area (Å²) in [4.78, 5) is 13.0. The maximum atomic E-state index is 14.3. The molecule has 0 fully saturated rings. The zero-order chi connectivity index (χ0) is 18.8. The maximum Gasteiger partial charge on any atom is 0.255 e. The van der Waals surface area contributed by atoms with Gasteiger partial charge in [-0.3, -0.25) is 4.79 Å². The topological polar surface area (TPSA) is 53.2 Å². The van der Waals surface area contributed by atoms with E-state index < -0.39 is 6.04 Å². The number of carbonyl (C=O) groups excluding carboxylic acids is 1. The Bertz CT molecular complexity index is 923. The summed E-state index contributed by atoms with van der Waals surface area (Å²) in [5, 5.41) is 9.22. The molecule has 4 nitrogen and oxygen atoms in total. The highest BCUT2D eigenvalue weighted by atomic mass is 32.1. The quantitative estimate of drug-likeness (QED) is 0.719. The van der Waals surface area contributed by atoms with Crippen molar-refractivity contribution in [3.05, 3.63) is 76.2 Å². The Balaban J connectivity index is 1.97. The molecule has 0 saturated carbocycles. The van der Waals surface area contributed by atoms with Crippen molar-refractivity contribution in [1.29, 1.82) is 0 Å². The van der Waals surface area contributed by atoms with Gasteiger partial charge in [-0.05, 0) is 62.3 Å². The van der Waals surface area contributed by atoms with Crippen molar-refractivity contribution in [3.63, 3.8) is 0 Å². The van der Waals surface area contributed by atoms with Gasteiger partial charge in [-0.25, -0.2) is 4.39 Å². The molecule has 26 heavy (non-hydrogen) atoms. The molecule has 1 heterocycles. The van der Waals surface area contributed by atoms with Gasteiger partial charge in [-0.15, -0.1) is 0 Å². The highest BCUT2D eigenvalue weighted by molar-refractivity contribution is 7.80. The highest BCUT2D eigenvalue weighted by Crippen LogP contribution is 2.29. The van der Waals surface area contributed by atoms with Crippen LogP contribution < -0.4 is 16.0 Å². The Morgan fingerprint density at radius 2 is 1.85 bits per heavy atom. The normalized spacial score (nSPS) is 16.8. The van der Waals surface area contributed by atoms with Gasteiger partial charge in [0.05, 0.1) is 11.6 Å². The van der Waals surface area contributed by atoms with Gasteiger partial charge in [0.25, 0.3) is 5.91 Å². The van der Waals surface area contributed by atoms with Crippen molar-refractivity contribution < 1.29 is 9.18 Å². The number of amides is 1. The zero-order valence-electron chi connectivity index (χ0n) is 14.8. The van der Waals surface area contributed by atoms with E-state index in [4.69, 9.17) is 12.2 Å². The Labute approximate surface area is 157 Å². The summed E-state index contributed by atoms with van der Waals surface area (Å²) in [6.07, 6.45) is 0. The lowest BCUT2D eigenvalue weighted by atomic mass is 9.94. The molecule has 6 heteroatoms. The number of benzene rings is 2. The first kappa shape index (κ1) is 18.1. The van der Waals surface area contributed by atoms with Gasteiger partial charge in [0.15, 0.2) is 5.11 Å². The van der Waals surface area contributed by atoms with Crippen LogP contribution in [0.15, 0.2) is 53.7 Å². The van der Waals surface area contributed by atoms with E-state index in [1.54, 1.807) is 25.1 Å². The molecule has 1 aliphatic heterocycles. The van der Waals surface area contributed by atoms with Crippen LogP contribution in [0.5, 0.6) is 0 Å². The number of nitrogens with one attached hydrogen (secondary N) is 3. The summed E-state index contributed by atoms with van der Waals surface area (Å²) in [5.74, 6) is -0.694. The lowest BCUT2D eigenvalue weighted by Gasteiger charge is -2.30. The van der Waals surface area contributed by atoms with E-state index in [0.717, 1.165) is 11.1 Å². The van der Waals surface area contributed by atoms with Crippen LogP contribution in [0.4, 0.5) is 10.1 Å². The fraction of sp³-hybridized carbons (Fsp3) is 0.200. The minimum atomic E-state index is -0.656. The monoisotopic (exact) mass is 369 g/mol. The van der Waals surface area contributed by atoms with E-state index in [0.29, 0.717) is 27.6 Å². The maximum absolute atomic E-state index is 14.3. The molecule has 1 unspecified atom stereocenters. The Hall–Kier alpha value is -2.73. The molecule has 0 saturated heterocycles. The van der Waals surface area contributed by atoms with Gasteiger partial charge in [0.2, 0.25) is 0 Å². The van der Waals surface area contributed by atoms with E-state index in [9.17, 15) is 9.18 Å². The standard InChI is InChI=1S/C20H20FN3OS/c1-11-8-9-14(10-12(11)2)23-19(25)17-13(3)22-20(26)24-18(17)15-6-4-5-7-16(15)21/h4-10,18H,1-3H3,(H,23,25)(H2,22,24,26). The molecule has 0 spiro atoms. The SMILES string of the molecule is CC1=C(C(=O)Nc2ccc(C)c(C)c2)C(c2ccccc2F)NC(=S)N1. The molecule has 3 rings (SSSR count). The van der Waals surface area contributed by atoms with E-state index in [-0.39, 0.29) is 11.7 Å². The predicted octanol–water partition coefficient (Wildman–Crippen LogP) is 3.87. The highest BCUT2D eigenvalue weighted by Gasteiger charge is 2.31. The van der Waals surface area contributed by atoms with Crippen molar-refractivity contribution in [3.8, 4) is 0 Å². The molecule has 1 atom stereocenters. The molecular formula is C20H20FN3OS. The fourth-order valence-electron chi connectivity index (χ4n) is 2.95. The number of halogens is 1. The van der Waals surface area contributed by atoms with Crippen LogP contribution in [0.25, 0.3) is 0 Å². The van der Waals surface area contributed by atoms with Crippen molar-refractivity contribution in [2.24, 2.45) is 0 Å². The second kappa shape index (κ2) is 7.25. The van der Waals surface area contributed by atoms with Gasteiger partial charge < -0.3 is 16.0 Å². The predicted molar refractivity (Wildman–Crippen MR) is 105 cm³/mol. The molecule has 2 aromatic carbocycles. The molecule has 1 aliphatic rings. The summed E-state index contributed by atoms with van der Waals surface area (Å²) in [7, 11) is 0. The molecule has 3 N–H and O–H groups in total. The third-order valence-electron chi connectivity index (χ3n) is 4.49. The van der Waals surface area contributed by atoms with E-state index in [1.807, 2.05) is 32.0 Å². The first-order chi connectivity index (χ1) is 12.4. The van der Waals surface area contributed by atoms with Crippen molar-refractivity contribution in [2.75, 3.05) is 5.32 Å². The number of carbonyl (C=O) groups is 1. The lowest BCUT2D eigenvalue weighted by Crippen LogP contribution is -2.46. The molecule has 0 radical (unpaired) electrons. The number of allylic oxidation sites excluding steroid dienone is 1. The second-order valence-electron chi connectivity index (χ2n) is 6.34. The zero-order valence-corrected chi connectivity index (χ0v) is 15.6. The van der Waals surface area contributed by atoms with Crippen molar-refractivity contribution in [1.82, 2.24) is 10.6 Å². The van der Waals surface area contributed by atoms with Crippen molar-refractivity contribution >= 4 is 28.9 Å². The smallest absolute Gasteiger partial charge is 0.255 e. The van der Waals surface area contributed by atoms with Crippen LogP contribution in [0.2, 0.25) is 0 Å². The first-order valence-corrected chi connectivity index (χ1v) is 8.69. The number of aryl methyl sites for hydroxylation is 2. The molecule has 0 aliphatic carbocycles. The summed E-state index contributed by atoms with van der Waals surface area (Å²) in [6, 6.07) is 11.4. The van der Waals surface area contributed by atoms with Crippen molar-refractivity contribution in [2.45, 2.75) is 26.8 Å². The van der Waals surface area contributed by atoms with Crippen LogP contribution >= 0.6 is 12.2 Å². The Morgan fingerprint density at radius 3 is 2.54 bits per heavy atom. The minimum absolute atomic E-state index is 0.304. The first-order valence-electron chi connectivity index (χ1n) is 8.28. The summed E-state index contributed by atoms with van der Waals surface area (Å²) in [5.41, 5.74) is 4.30. The van der Waals surface area contributed by atoms with Crippen LogP contribution in [0.3, 0.4) is 0 Å². The van der Waals surface area contributed by atoms with Crippen LogP contribution in [0.1, 0.15) is 29.7 Å². The van der Waals surface area contributed by atoms with Gasteiger partial charge >= 0.3 is 0 Å². The molecule has 0 aromatic heterocycles. The van der Waals surface area contributed by atoms with Gasteiger partial charge in [-0.1, -0.05) is 24.3 Å². The van der Waals surface area contributed by atoms with Crippen LogP contribution in [-0.2, 0) is 4.79 Å². The van der Waals surface area contributed by atoms with E-state index in [1.165, 1.54) is 6.07 Å². The fourth-order valence-corrected chi connectivity index (χ4v) is 3.23. The largest absolute Gasteiger partial charge is 0.351 e. The second-order valence-corrected chi connectivity index (χ2v) is 6.75. The van der Waals surface area contributed by atoms with Crippen LogP contribution in [0, 0.1) is 19.7 Å². The Kier molecular flexibility index (Phi) is 5.04. The molecule has 2 aromatic rings. The summed E-state index contributed by atoms with van der Waals surface area (Å²) < 4.78 is 14.3. The van der Waals surface area contributed by atoms with Gasteiger partial charge in [-0.2, -0.15) is 0 Å². The molecule has 1 amide bonds. The lowest BCUT2D eigenvalue weighted by molar-refractivity contribution is -0.113. The van der Waals surface area contributed by atoms with Gasteiger partial charge in [0.1, 0.15) is 5.82 Å². The average molecular weight is 369 g/mol. The molecule has 0 bridgehead atoms. The van der Waals surface area contributed by atoms with E-state index >= 15 is 0 Å². The van der Waals surface area contributed by atoms with Crippen LogP contribution in [-0.4, -0.2) is 11.0 Å².